The molecule has 1 N–H and O–H groups in total. The molecule has 0 aromatic carbocycles. The van der Waals surface area contributed by atoms with Gasteiger partial charge in [0.05, 0.1) is 0 Å². The molecule has 0 aliphatic carbocycles. The predicted molar refractivity (Wildman–Crippen MR) is 81.4 cm³/mol. The van der Waals surface area contributed by atoms with Gasteiger partial charge in [-0.2, -0.15) is 0 Å². The average Bonchev–Trinajstić information content (AvgIpc) is 2.74. The number of aromatic nitrogens is 2. The Kier molecular flexibility index (Phi) is 6.01. The summed E-state index contributed by atoms with van der Waals surface area (Å²) in [6.07, 6.45) is 7.18. The van der Waals surface area contributed by atoms with Gasteiger partial charge in [-0.1, -0.05) is 6.92 Å². The molecule has 0 saturated carbocycles. The summed E-state index contributed by atoms with van der Waals surface area (Å²) >= 11 is 0. The second-order valence-corrected chi connectivity index (χ2v) is 6.05. The summed E-state index contributed by atoms with van der Waals surface area (Å²) in [7, 11) is 6.37. The number of likely N-dealkylation sites (N-methyl/N-ethyl adjacent to an activating group) is 1. The summed E-state index contributed by atoms with van der Waals surface area (Å²) in [6, 6.07) is 0.471. The van der Waals surface area contributed by atoms with Crippen molar-refractivity contribution in [3.8, 4) is 0 Å². The van der Waals surface area contributed by atoms with E-state index >= 15 is 0 Å². The Morgan fingerprint density at radius 2 is 2.11 bits per heavy atom. The third kappa shape index (κ3) is 4.32. The molecule has 0 amide bonds. The zero-order valence-electron chi connectivity index (χ0n) is 13.4. The number of nitrogens with one attached hydrogen (secondary N) is 1. The Hall–Kier alpha value is -0.870. The van der Waals surface area contributed by atoms with E-state index in [2.05, 4.69) is 61.7 Å². The first-order chi connectivity index (χ1) is 8.89. The normalized spacial score (nSPS) is 14.1. The lowest BCUT2D eigenvalue weighted by Crippen LogP contribution is -2.55. The minimum atomic E-state index is 0.139. The minimum absolute atomic E-state index is 0.139. The van der Waals surface area contributed by atoms with Crippen LogP contribution >= 0.6 is 0 Å². The molecule has 1 rings (SSSR count). The number of aryl methyl sites for hydroxylation is 2. The molecule has 4 heteroatoms. The number of hydrogen-bond donors (Lipinski definition) is 1. The SMILES string of the molecule is CCCNC(CCc1nccn1C)C(C)(C)N(C)C. The molecule has 1 heterocycles. The van der Waals surface area contributed by atoms with Crippen LogP contribution in [0.25, 0.3) is 0 Å². The number of nitrogens with zero attached hydrogens (tertiary/aromatic N) is 3. The van der Waals surface area contributed by atoms with Gasteiger partial charge in [0, 0.05) is 37.4 Å². The van der Waals surface area contributed by atoms with E-state index in [0.717, 1.165) is 25.2 Å². The highest BCUT2D eigenvalue weighted by molar-refractivity contribution is 4.96. The average molecular weight is 266 g/mol. The molecule has 0 aliphatic rings. The van der Waals surface area contributed by atoms with Crippen LogP contribution in [0, 0.1) is 0 Å². The fourth-order valence-corrected chi connectivity index (χ4v) is 2.25. The lowest BCUT2D eigenvalue weighted by molar-refractivity contribution is 0.132. The van der Waals surface area contributed by atoms with Gasteiger partial charge in [-0.05, 0) is 47.3 Å². The summed E-state index contributed by atoms with van der Waals surface area (Å²) in [4.78, 5) is 6.72. The van der Waals surface area contributed by atoms with Crippen molar-refractivity contribution >= 4 is 0 Å². The molecule has 0 spiro atoms. The molecule has 4 nitrogen and oxygen atoms in total. The molecule has 0 fully saturated rings. The van der Waals surface area contributed by atoms with Crippen LogP contribution in [-0.4, -0.2) is 46.7 Å². The molecule has 0 saturated heterocycles. The summed E-state index contributed by atoms with van der Waals surface area (Å²) in [5.74, 6) is 1.16. The van der Waals surface area contributed by atoms with E-state index in [-0.39, 0.29) is 5.54 Å². The molecular weight excluding hydrogens is 236 g/mol. The van der Waals surface area contributed by atoms with Gasteiger partial charge in [0.1, 0.15) is 5.82 Å². The van der Waals surface area contributed by atoms with Crippen LogP contribution in [0.3, 0.4) is 0 Å². The Balaban J connectivity index is 2.67. The Morgan fingerprint density at radius 3 is 2.58 bits per heavy atom. The van der Waals surface area contributed by atoms with Crippen molar-refractivity contribution in [3.05, 3.63) is 18.2 Å². The van der Waals surface area contributed by atoms with Crippen LogP contribution in [0.5, 0.6) is 0 Å². The van der Waals surface area contributed by atoms with Gasteiger partial charge in [0.25, 0.3) is 0 Å². The fourth-order valence-electron chi connectivity index (χ4n) is 2.25. The van der Waals surface area contributed by atoms with E-state index < -0.39 is 0 Å². The van der Waals surface area contributed by atoms with Crippen LogP contribution in [0.1, 0.15) is 39.4 Å². The third-order valence-corrected chi connectivity index (χ3v) is 4.22. The van der Waals surface area contributed by atoms with Crippen LogP contribution in [-0.2, 0) is 13.5 Å². The van der Waals surface area contributed by atoms with Gasteiger partial charge in [0.2, 0.25) is 0 Å². The molecule has 19 heavy (non-hydrogen) atoms. The lowest BCUT2D eigenvalue weighted by atomic mass is 9.89. The van der Waals surface area contributed by atoms with Gasteiger partial charge >= 0.3 is 0 Å². The first-order valence-corrected chi connectivity index (χ1v) is 7.26. The fraction of sp³-hybridized carbons (Fsp3) is 0.800. The third-order valence-electron chi connectivity index (χ3n) is 4.22. The molecular formula is C15H30N4. The molecule has 1 atom stereocenters. The van der Waals surface area contributed by atoms with E-state index in [4.69, 9.17) is 0 Å². The standard InChI is InChI=1S/C15H30N4/c1-7-10-16-13(15(2,3)18(4)5)8-9-14-17-11-12-19(14)6/h11-13,16H,7-10H2,1-6H3. The van der Waals surface area contributed by atoms with E-state index in [1.807, 2.05) is 12.4 Å². The molecule has 110 valence electrons. The minimum Gasteiger partial charge on any atom is -0.338 e. The first kappa shape index (κ1) is 16.2. The molecule has 0 bridgehead atoms. The highest BCUT2D eigenvalue weighted by atomic mass is 15.2. The van der Waals surface area contributed by atoms with Gasteiger partial charge < -0.3 is 14.8 Å². The molecule has 1 aromatic rings. The van der Waals surface area contributed by atoms with Crippen molar-refractivity contribution in [1.82, 2.24) is 19.8 Å². The van der Waals surface area contributed by atoms with Gasteiger partial charge in [-0.15, -0.1) is 0 Å². The maximum Gasteiger partial charge on any atom is 0.108 e. The topological polar surface area (TPSA) is 33.1 Å². The second-order valence-electron chi connectivity index (χ2n) is 6.05. The van der Waals surface area contributed by atoms with E-state index in [1.165, 1.54) is 6.42 Å². The Morgan fingerprint density at radius 1 is 1.42 bits per heavy atom. The van der Waals surface area contributed by atoms with Crippen molar-refractivity contribution in [1.29, 1.82) is 0 Å². The van der Waals surface area contributed by atoms with Crippen molar-refractivity contribution in [3.63, 3.8) is 0 Å². The van der Waals surface area contributed by atoms with Crippen molar-refractivity contribution < 1.29 is 0 Å². The van der Waals surface area contributed by atoms with Gasteiger partial charge in [-0.3, -0.25) is 0 Å². The molecule has 0 aliphatic heterocycles. The Labute approximate surface area is 118 Å². The van der Waals surface area contributed by atoms with Crippen molar-refractivity contribution in [2.75, 3.05) is 20.6 Å². The highest BCUT2D eigenvalue weighted by Gasteiger charge is 2.30. The molecule has 1 aromatic heterocycles. The van der Waals surface area contributed by atoms with Crippen LogP contribution in [0.15, 0.2) is 12.4 Å². The predicted octanol–water partition coefficient (Wildman–Crippen LogP) is 2.06. The van der Waals surface area contributed by atoms with Crippen molar-refractivity contribution in [2.45, 2.75) is 51.6 Å². The quantitative estimate of drug-likeness (QED) is 0.782. The van der Waals surface area contributed by atoms with Crippen molar-refractivity contribution in [2.24, 2.45) is 7.05 Å². The maximum absolute atomic E-state index is 4.42. The second kappa shape index (κ2) is 7.06. The monoisotopic (exact) mass is 266 g/mol. The van der Waals surface area contributed by atoms with E-state index in [9.17, 15) is 0 Å². The van der Waals surface area contributed by atoms with E-state index in [0.29, 0.717) is 6.04 Å². The summed E-state index contributed by atoms with van der Waals surface area (Å²) in [5.41, 5.74) is 0.139. The van der Waals surface area contributed by atoms with Crippen LogP contribution < -0.4 is 5.32 Å². The van der Waals surface area contributed by atoms with Gasteiger partial charge in [-0.25, -0.2) is 4.98 Å². The lowest BCUT2D eigenvalue weighted by Gasteiger charge is -2.41. The Bertz CT molecular complexity index is 368. The number of imidazole rings is 1. The molecule has 1 unspecified atom stereocenters. The largest absolute Gasteiger partial charge is 0.338 e. The molecule has 0 radical (unpaired) electrons. The first-order valence-electron chi connectivity index (χ1n) is 7.26. The summed E-state index contributed by atoms with van der Waals surface area (Å²) in [5, 5.41) is 3.69. The smallest absolute Gasteiger partial charge is 0.108 e. The maximum atomic E-state index is 4.42. The zero-order chi connectivity index (χ0) is 14.5. The zero-order valence-corrected chi connectivity index (χ0v) is 13.4. The highest BCUT2D eigenvalue weighted by Crippen LogP contribution is 2.20. The number of hydrogen-bond acceptors (Lipinski definition) is 3. The summed E-state index contributed by atoms with van der Waals surface area (Å²) in [6.45, 7) is 7.89. The van der Waals surface area contributed by atoms with Crippen LogP contribution in [0.4, 0.5) is 0 Å². The van der Waals surface area contributed by atoms with Crippen LogP contribution in [0.2, 0.25) is 0 Å². The van der Waals surface area contributed by atoms with E-state index in [1.54, 1.807) is 0 Å². The number of rotatable bonds is 8. The summed E-state index contributed by atoms with van der Waals surface area (Å²) < 4.78 is 2.11. The van der Waals surface area contributed by atoms with Gasteiger partial charge in [0.15, 0.2) is 0 Å².